The minimum absolute atomic E-state index is 0.0394. The molecule has 45 heavy (non-hydrogen) atoms. The van der Waals surface area contributed by atoms with Crippen LogP contribution in [0.25, 0.3) is 0 Å². The zero-order chi connectivity index (χ0) is 32.6. The van der Waals surface area contributed by atoms with Crippen molar-refractivity contribution in [3.63, 3.8) is 0 Å². The molecule has 0 aromatic heterocycles. The van der Waals surface area contributed by atoms with Crippen molar-refractivity contribution in [3.05, 3.63) is 119 Å². The summed E-state index contributed by atoms with van der Waals surface area (Å²) < 4.78 is 40.8. The maximum Gasteiger partial charge on any atom is 0.416 e. The van der Waals surface area contributed by atoms with E-state index in [9.17, 15) is 37.8 Å². The number of amides is 1. The van der Waals surface area contributed by atoms with Crippen molar-refractivity contribution in [2.45, 2.75) is 25.2 Å². The van der Waals surface area contributed by atoms with Gasteiger partial charge >= 0.3 is 18.1 Å². The van der Waals surface area contributed by atoms with Gasteiger partial charge in [0, 0.05) is 6.54 Å². The molecule has 0 unspecified atom stereocenters. The summed E-state index contributed by atoms with van der Waals surface area (Å²) in [6.07, 6.45) is -4.40. The quantitative estimate of drug-likeness (QED) is 0.0764. The highest BCUT2D eigenvalue weighted by Gasteiger charge is 2.31. The lowest BCUT2D eigenvalue weighted by molar-refractivity contribution is -0.137. The second kappa shape index (κ2) is 14.4. The van der Waals surface area contributed by atoms with Gasteiger partial charge in [0.2, 0.25) is 5.91 Å². The van der Waals surface area contributed by atoms with E-state index < -0.39 is 35.6 Å². The van der Waals surface area contributed by atoms with Gasteiger partial charge in [-0.25, -0.2) is 15.0 Å². The van der Waals surface area contributed by atoms with Crippen LogP contribution in [-0.4, -0.2) is 34.1 Å². The van der Waals surface area contributed by atoms with Crippen LogP contribution in [0.15, 0.2) is 91.0 Å². The lowest BCUT2D eigenvalue weighted by Crippen LogP contribution is -2.53. The molecule has 0 aliphatic rings. The third kappa shape index (κ3) is 8.57. The predicted molar refractivity (Wildman–Crippen MR) is 161 cm³/mol. The third-order valence-corrected chi connectivity index (χ3v) is 6.68. The number of nitrogens with two attached hydrogens (primary N) is 1. The van der Waals surface area contributed by atoms with Crippen molar-refractivity contribution in [1.29, 1.82) is 0 Å². The number of anilines is 4. The molecule has 234 valence electrons. The van der Waals surface area contributed by atoms with Gasteiger partial charge < -0.3 is 26.2 Å². The van der Waals surface area contributed by atoms with E-state index in [2.05, 4.69) is 26.9 Å². The molecule has 0 aliphatic carbocycles. The summed E-state index contributed by atoms with van der Waals surface area (Å²) in [6, 6.07) is 21.1. The number of halogens is 3. The van der Waals surface area contributed by atoms with Crippen LogP contribution in [0.4, 0.5) is 35.9 Å². The molecule has 9 N–H and O–H groups in total. The van der Waals surface area contributed by atoms with Crippen LogP contribution in [-0.2, 0) is 23.9 Å². The second-order valence-corrected chi connectivity index (χ2v) is 9.79. The fourth-order valence-corrected chi connectivity index (χ4v) is 4.46. The van der Waals surface area contributed by atoms with E-state index in [-0.39, 0.29) is 40.4 Å². The van der Waals surface area contributed by atoms with E-state index in [1.165, 1.54) is 36.4 Å². The first-order valence-corrected chi connectivity index (χ1v) is 13.4. The second-order valence-electron chi connectivity index (χ2n) is 9.79. The van der Waals surface area contributed by atoms with Gasteiger partial charge in [0.25, 0.3) is 0 Å². The molecule has 14 heteroatoms. The van der Waals surface area contributed by atoms with Crippen molar-refractivity contribution in [1.82, 2.24) is 16.3 Å². The Kier molecular flexibility index (Phi) is 10.4. The number of aromatic carboxylic acids is 2. The van der Waals surface area contributed by atoms with Crippen LogP contribution in [0.1, 0.15) is 37.4 Å². The summed E-state index contributed by atoms with van der Waals surface area (Å²) in [5.41, 5.74) is 4.79. The maximum absolute atomic E-state index is 13.6. The smallest absolute Gasteiger partial charge is 0.416 e. The molecule has 0 radical (unpaired) electrons. The number of alkyl halides is 3. The Morgan fingerprint density at radius 2 is 1.33 bits per heavy atom. The Morgan fingerprint density at radius 3 is 2.00 bits per heavy atom. The first-order chi connectivity index (χ1) is 21.5. The number of nitrogens with one attached hydrogen (secondary N) is 5. The molecule has 0 heterocycles. The van der Waals surface area contributed by atoms with Crippen LogP contribution in [0.5, 0.6) is 0 Å². The van der Waals surface area contributed by atoms with E-state index in [1.54, 1.807) is 6.07 Å². The SMILES string of the molecule is NNN[C@@H](Cc1ccccc1)C(=O)NCc1ccc(Nc2cc(C(F)(F)F)ccc2Nc2ccccc2C(=O)O)c(C(=O)O)c1. The fraction of sp³-hybridized carbons (Fsp3) is 0.129. The number of para-hydroxylation sites is 1. The van der Waals surface area contributed by atoms with Crippen LogP contribution in [0.2, 0.25) is 0 Å². The zero-order valence-corrected chi connectivity index (χ0v) is 23.5. The zero-order valence-electron chi connectivity index (χ0n) is 23.5. The van der Waals surface area contributed by atoms with Crippen molar-refractivity contribution in [3.8, 4) is 0 Å². The molecule has 0 spiro atoms. The topological polar surface area (TPSA) is 178 Å². The number of hydrazine groups is 2. The predicted octanol–water partition coefficient (Wildman–Crippen LogP) is 4.78. The molecular weight excluding hydrogens is 593 g/mol. The minimum Gasteiger partial charge on any atom is -0.478 e. The van der Waals surface area contributed by atoms with E-state index in [0.717, 1.165) is 23.8 Å². The molecule has 11 nitrogen and oxygen atoms in total. The van der Waals surface area contributed by atoms with Gasteiger partial charge in [-0.15, -0.1) is 0 Å². The maximum atomic E-state index is 13.6. The van der Waals surface area contributed by atoms with Crippen molar-refractivity contribution in [2.24, 2.45) is 5.84 Å². The van der Waals surface area contributed by atoms with Gasteiger partial charge in [-0.3, -0.25) is 10.6 Å². The standard InChI is InChI=1S/C31H29F3N6O5/c32-31(33,34)20-11-13-25(37-23-9-5-4-8-21(23)29(42)43)26(16-20)38-24-12-10-19(14-22(24)30(44)45)17-36-28(41)27(39-40-35)15-18-6-2-1-3-7-18/h1-14,16,27,37-40H,15,17,35H2,(H,36,41)(H,42,43)(H,44,45)/t27-/m0/s1. The lowest BCUT2D eigenvalue weighted by Gasteiger charge is -2.19. The van der Waals surface area contributed by atoms with Crippen LogP contribution in [0.3, 0.4) is 0 Å². The third-order valence-electron chi connectivity index (χ3n) is 6.68. The Labute approximate surface area is 255 Å². The highest BCUT2D eigenvalue weighted by Crippen LogP contribution is 2.37. The minimum atomic E-state index is -4.71. The van der Waals surface area contributed by atoms with E-state index >= 15 is 0 Å². The highest BCUT2D eigenvalue weighted by molar-refractivity contribution is 5.98. The molecule has 1 amide bonds. The monoisotopic (exact) mass is 622 g/mol. The summed E-state index contributed by atoms with van der Waals surface area (Å²) in [5, 5.41) is 27.7. The summed E-state index contributed by atoms with van der Waals surface area (Å²) in [7, 11) is 0. The van der Waals surface area contributed by atoms with Crippen molar-refractivity contribution >= 4 is 40.6 Å². The average Bonchev–Trinajstić information content (AvgIpc) is 3.01. The van der Waals surface area contributed by atoms with E-state index in [4.69, 9.17) is 5.84 Å². The number of carbonyl (C=O) groups is 3. The Hall–Kier alpha value is -5.44. The Bertz CT molecular complexity index is 1680. The van der Waals surface area contributed by atoms with Gasteiger partial charge in [0.15, 0.2) is 0 Å². The van der Waals surface area contributed by atoms with E-state index in [1.807, 2.05) is 30.3 Å². The largest absolute Gasteiger partial charge is 0.478 e. The molecule has 0 fully saturated rings. The van der Waals surface area contributed by atoms with Gasteiger partial charge in [-0.2, -0.15) is 18.7 Å². The van der Waals surface area contributed by atoms with Crippen molar-refractivity contribution < 1.29 is 37.8 Å². The normalized spacial score (nSPS) is 11.8. The van der Waals surface area contributed by atoms with Crippen molar-refractivity contribution in [2.75, 3.05) is 10.6 Å². The molecule has 0 bridgehead atoms. The summed E-state index contributed by atoms with van der Waals surface area (Å²) in [4.78, 5) is 36.7. The average molecular weight is 623 g/mol. The number of rotatable bonds is 13. The molecule has 4 aromatic rings. The summed E-state index contributed by atoms with van der Waals surface area (Å²) in [6.45, 7) is -0.0563. The summed E-state index contributed by atoms with van der Waals surface area (Å²) in [5.74, 6) is 2.31. The van der Waals surface area contributed by atoms with Gasteiger partial charge in [-0.1, -0.05) is 48.5 Å². The Morgan fingerprint density at radius 1 is 0.711 bits per heavy atom. The molecule has 0 saturated carbocycles. The highest BCUT2D eigenvalue weighted by atomic mass is 19.4. The number of benzene rings is 4. The molecule has 1 atom stereocenters. The lowest BCUT2D eigenvalue weighted by atomic mass is 10.0. The fourth-order valence-electron chi connectivity index (χ4n) is 4.46. The van der Waals surface area contributed by atoms with Crippen LogP contribution < -0.4 is 32.8 Å². The number of hydrogen-bond donors (Lipinski definition) is 8. The number of carboxylic acid groups (broad SMARTS) is 2. The first kappa shape index (κ1) is 32.5. The molecule has 0 aliphatic heterocycles. The van der Waals surface area contributed by atoms with E-state index in [0.29, 0.717) is 12.0 Å². The number of carboxylic acids is 2. The van der Waals surface area contributed by atoms with Crippen LogP contribution in [0, 0.1) is 0 Å². The number of carbonyl (C=O) groups excluding carboxylic acids is 1. The number of hydrogen-bond acceptors (Lipinski definition) is 8. The molecule has 4 rings (SSSR count). The Balaban J connectivity index is 1.59. The summed E-state index contributed by atoms with van der Waals surface area (Å²) >= 11 is 0. The van der Waals surface area contributed by atoms with Crippen LogP contribution >= 0.6 is 0 Å². The molecule has 4 aromatic carbocycles. The van der Waals surface area contributed by atoms with Gasteiger partial charge in [0.1, 0.15) is 6.04 Å². The van der Waals surface area contributed by atoms with Gasteiger partial charge in [0.05, 0.1) is 39.4 Å². The molecular formula is C31H29F3N6O5. The van der Waals surface area contributed by atoms with Gasteiger partial charge in [-0.05, 0) is 60.0 Å². The first-order valence-electron chi connectivity index (χ1n) is 13.4. The molecule has 0 saturated heterocycles.